The van der Waals surface area contributed by atoms with Gasteiger partial charge in [0.2, 0.25) is 0 Å². The highest BCUT2D eigenvalue weighted by Gasteiger charge is 2.16. The number of thioether (sulfide) groups is 1. The van der Waals surface area contributed by atoms with E-state index in [0.29, 0.717) is 10.0 Å². The molecular formula is C16H13Cl2FOS. The van der Waals surface area contributed by atoms with E-state index in [9.17, 15) is 9.18 Å². The molecule has 0 aromatic heterocycles. The zero-order valence-corrected chi connectivity index (χ0v) is 13.4. The minimum absolute atomic E-state index is 0.0602. The van der Waals surface area contributed by atoms with Crippen LogP contribution in [0.2, 0.25) is 10.0 Å². The van der Waals surface area contributed by atoms with E-state index < -0.39 is 12.5 Å². The summed E-state index contributed by atoms with van der Waals surface area (Å²) in [6.07, 6.45) is 0. The van der Waals surface area contributed by atoms with Gasteiger partial charge in [-0.25, -0.2) is 4.39 Å². The zero-order valence-electron chi connectivity index (χ0n) is 11.1. The van der Waals surface area contributed by atoms with Crippen molar-refractivity contribution < 1.29 is 9.18 Å². The Morgan fingerprint density at radius 3 is 1.76 bits per heavy atom. The molecule has 0 saturated carbocycles. The first-order chi connectivity index (χ1) is 10.1. The summed E-state index contributed by atoms with van der Waals surface area (Å²) in [5, 5.41) is 1.24. The summed E-state index contributed by atoms with van der Waals surface area (Å²) in [5.41, 5.74) is 2.02. The summed E-state index contributed by atoms with van der Waals surface area (Å²) in [6.45, 7) is -0.930. The van der Waals surface area contributed by atoms with Crippen LogP contribution in [-0.2, 0) is 4.79 Å². The molecular weight excluding hydrogens is 330 g/mol. The minimum atomic E-state index is -0.930. The third kappa shape index (κ3) is 4.73. The molecule has 1 nitrogen and oxygen atoms in total. The highest BCUT2D eigenvalue weighted by molar-refractivity contribution is 8.00. The van der Waals surface area contributed by atoms with E-state index in [4.69, 9.17) is 23.2 Å². The maximum atomic E-state index is 12.4. The molecule has 0 N–H and O–H groups in total. The molecule has 110 valence electrons. The molecule has 0 bridgehead atoms. The lowest BCUT2D eigenvalue weighted by atomic mass is 10.0. The van der Waals surface area contributed by atoms with Gasteiger partial charge in [-0.15, -0.1) is 11.8 Å². The lowest BCUT2D eigenvalue weighted by molar-refractivity contribution is -0.117. The van der Waals surface area contributed by atoms with Crippen LogP contribution in [0.5, 0.6) is 0 Å². The first kappa shape index (κ1) is 16.3. The molecule has 21 heavy (non-hydrogen) atoms. The number of alkyl halides is 1. The van der Waals surface area contributed by atoms with Gasteiger partial charge in [-0.3, -0.25) is 4.79 Å². The number of carbonyl (C=O) groups excluding carboxylic acids is 1. The molecule has 0 radical (unpaired) electrons. The Morgan fingerprint density at radius 1 is 0.952 bits per heavy atom. The van der Waals surface area contributed by atoms with Crippen molar-refractivity contribution in [3.8, 4) is 0 Å². The van der Waals surface area contributed by atoms with Gasteiger partial charge in [-0.1, -0.05) is 47.5 Å². The molecule has 0 fully saturated rings. The van der Waals surface area contributed by atoms with Crippen molar-refractivity contribution in [2.75, 3.05) is 12.4 Å². The first-order valence-corrected chi connectivity index (χ1v) is 8.11. The van der Waals surface area contributed by atoms with E-state index in [0.717, 1.165) is 11.1 Å². The number of benzene rings is 2. The summed E-state index contributed by atoms with van der Waals surface area (Å²) in [5.74, 6) is -0.278. The maximum absolute atomic E-state index is 12.4. The van der Waals surface area contributed by atoms with Gasteiger partial charge < -0.3 is 0 Å². The Labute approximate surface area is 137 Å². The van der Waals surface area contributed by atoms with Crippen LogP contribution in [0.4, 0.5) is 4.39 Å². The minimum Gasteiger partial charge on any atom is -0.296 e. The Hall–Kier alpha value is -1.03. The fraction of sp³-hybridized carbons (Fsp3) is 0.188. The standard InChI is InChI=1S/C16H13Cl2FOS/c17-13-5-1-11(2-6-13)16(21-10-15(20)9-19)12-3-7-14(18)8-4-12/h1-8,16H,9-10H2. The number of hydrogen-bond donors (Lipinski definition) is 0. The van der Waals surface area contributed by atoms with Crippen LogP contribution >= 0.6 is 35.0 Å². The SMILES string of the molecule is O=C(CF)CSC(c1ccc(Cl)cc1)c1ccc(Cl)cc1. The van der Waals surface area contributed by atoms with Crippen molar-refractivity contribution >= 4 is 40.7 Å². The van der Waals surface area contributed by atoms with Gasteiger partial charge in [0.25, 0.3) is 0 Å². The average Bonchev–Trinajstić information content (AvgIpc) is 2.50. The number of Topliss-reactive ketones (excluding diaryl/α,β-unsaturated/α-hetero) is 1. The second kappa shape index (κ2) is 7.83. The molecule has 5 heteroatoms. The Morgan fingerprint density at radius 2 is 1.38 bits per heavy atom. The van der Waals surface area contributed by atoms with E-state index in [-0.39, 0.29) is 11.0 Å². The second-order valence-electron chi connectivity index (χ2n) is 4.47. The van der Waals surface area contributed by atoms with Gasteiger partial charge in [0.15, 0.2) is 5.78 Å². The largest absolute Gasteiger partial charge is 0.296 e. The van der Waals surface area contributed by atoms with Crippen molar-refractivity contribution in [3.05, 3.63) is 69.7 Å². The van der Waals surface area contributed by atoms with E-state index >= 15 is 0 Å². The maximum Gasteiger partial charge on any atom is 0.173 e. The molecule has 0 heterocycles. The second-order valence-corrected chi connectivity index (χ2v) is 6.43. The van der Waals surface area contributed by atoms with Gasteiger partial charge in [0.05, 0.1) is 11.0 Å². The summed E-state index contributed by atoms with van der Waals surface area (Å²) >= 11 is 13.2. The van der Waals surface area contributed by atoms with E-state index in [1.54, 1.807) is 24.3 Å². The molecule has 0 aliphatic heterocycles. The van der Waals surface area contributed by atoms with Gasteiger partial charge in [0.1, 0.15) is 6.67 Å². The highest BCUT2D eigenvalue weighted by Crippen LogP contribution is 2.36. The average molecular weight is 343 g/mol. The molecule has 2 aromatic rings. The predicted molar refractivity (Wildman–Crippen MR) is 88.2 cm³/mol. The van der Waals surface area contributed by atoms with Crippen molar-refractivity contribution in [2.24, 2.45) is 0 Å². The molecule has 2 rings (SSSR count). The topological polar surface area (TPSA) is 17.1 Å². The molecule has 2 aromatic carbocycles. The van der Waals surface area contributed by atoms with Crippen LogP contribution in [0.15, 0.2) is 48.5 Å². The lowest BCUT2D eigenvalue weighted by Gasteiger charge is -2.17. The molecule has 0 unspecified atom stereocenters. The van der Waals surface area contributed by atoms with Gasteiger partial charge in [0, 0.05) is 10.0 Å². The molecule has 0 amide bonds. The Kier molecular flexibility index (Phi) is 6.09. The van der Waals surface area contributed by atoms with Gasteiger partial charge in [-0.2, -0.15) is 0 Å². The van der Waals surface area contributed by atoms with E-state index in [1.165, 1.54) is 11.8 Å². The number of halogens is 3. The van der Waals surface area contributed by atoms with Gasteiger partial charge in [-0.05, 0) is 35.4 Å². The molecule has 0 spiro atoms. The third-order valence-corrected chi connectivity index (χ3v) is 4.78. The van der Waals surface area contributed by atoms with Crippen LogP contribution in [0, 0.1) is 0 Å². The summed E-state index contributed by atoms with van der Waals surface area (Å²) < 4.78 is 12.4. The van der Waals surface area contributed by atoms with Crippen molar-refractivity contribution in [1.29, 1.82) is 0 Å². The van der Waals surface area contributed by atoms with Crippen LogP contribution in [0.1, 0.15) is 16.4 Å². The summed E-state index contributed by atoms with van der Waals surface area (Å²) in [6, 6.07) is 14.9. The predicted octanol–water partition coefficient (Wildman–Crippen LogP) is 5.35. The van der Waals surface area contributed by atoms with Crippen LogP contribution in [0.3, 0.4) is 0 Å². The smallest absolute Gasteiger partial charge is 0.173 e. The highest BCUT2D eigenvalue weighted by atomic mass is 35.5. The summed E-state index contributed by atoms with van der Waals surface area (Å²) in [4.78, 5) is 11.2. The molecule has 0 aliphatic carbocycles. The van der Waals surface area contributed by atoms with Crippen molar-refractivity contribution in [2.45, 2.75) is 5.25 Å². The van der Waals surface area contributed by atoms with Crippen molar-refractivity contribution in [1.82, 2.24) is 0 Å². The lowest BCUT2D eigenvalue weighted by Crippen LogP contribution is -2.06. The monoisotopic (exact) mass is 342 g/mol. The molecule has 0 aliphatic rings. The number of carbonyl (C=O) groups is 1. The van der Waals surface area contributed by atoms with Crippen LogP contribution in [0.25, 0.3) is 0 Å². The first-order valence-electron chi connectivity index (χ1n) is 6.30. The molecule has 0 saturated heterocycles. The zero-order chi connectivity index (χ0) is 15.2. The molecule has 0 atom stereocenters. The number of rotatable bonds is 6. The number of ketones is 1. The van der Waals surface area contributed by atoms with Crippen molar-refractivity contribution in [3.63, 3.8) is 0 Å². The van der Waals surface area contributed by atoms with Gasteiger partial charge >= 0.3 is 0 Å². The fourth-order valence-electron chi connectivity index (χ4n) is 1.87. The summed E-state index contributed by atoms with van der Waals surface area (Å²) in [7, 11) is 0. The van der Waals surface area contributed by atoms with Crippen LogP contribution in [-0.4, -0.2) is 18.2 Å². The van der Waals surface area contributed by atoms with Crippen LogP contribution < -0.4 is 0 Å². The fourth-order valence-corrected chi connectivity index (χ4v) is 3.26. The third-order valence-electron chi connectivity index (χ3n) is 2.91. The quantitative estimate of drug-likeness (QED) is 0.703. The van der Waals surface area contributed by atoms with E-state index in [1.807, 2.05) is 24.3 Å². The Balaban J connectivity index is 2.27. The van der Waals surface area contributed by atoms with E-state index in [2.05, 4.69) is 0 Å². The Bertz CT molecular complexity index is 553. The number of hydrogen-bond acceptors (Lipinski definition) is 2. The normalized spacial score (nSPS) is 10.9.